The predicted molar refractivity (Wildman–Crippen MR) is 72.8 cm³/mol. The summed E-state index contributed by atoms with van der Waals surface area (Å²) in [5, 5.41) is 5.78. The van der Waals surface area contributed by atoms with Crippen LogP contribution in [0.1, 0.15) is 19.8 Å². The van der Waals surface area contributed by atoms with Gasteiger partial charge in [-0.15, -0.1) is 0 Å². The molecule has 0 aliphatic carbocycles. The van der Waals surface area contributed by atoms with Crippen molar-refractivity contribution in [2.24, 2.45) is 0 Å². The highest BCUT2D eigenvalue weighted by Crippen LogP contribution is 2.10. The summed E-state index contributed by atoms with van der Waals surface area (Å²) in [6.45, 7) is 3.59. The second-order valence-electron chi connectivity index (χ2n) is 4.03. The van der Waals surface area contributed by atoms with Crippen LogP contribution in [-0.2, 0) is 4.79 Å². The highest BCUT2D eigenvalue weighted by Gasteiger charge is 2.06. The van der Waals surface area contributed by atoms with E-state index < -0.39 is 0 Å². The second kappa shape index (κ2) is 7.47. The van der Waals surface area contributed by atoms with Gasteiger partial charge in [0.05, 0.1) is 12.4 Å². The molecule has 6 heteroatoms. The van der Waals surface area contributed by atoms with Crippen molar-refractivity contribution in [2.45, 2.75) is 19.8 Å². The van der Waals surface area contributed by atoms with Crippen LogP contribution in [0.5, 0.6) is 0 Å². The molecule has 0 spiro atoms. The summed E-state index contributed by atoms with van der Waals surface area (Å²) in [5.41, 5.74) is 0. The molecule has 0 saturated carbocycles. The van der Waals surface area contributed by atoms with E-state index in [1.54, 1.807) is 19.4 Å². The van der Waals surface area contributed by atoms with Crippen LogP contribution in [0, 0.1) is 0 Å². The van der Waals surface area contributed by atoms with Gasteiger partial charge < -0.3 is 15.5 Å². The smallest absolute Gasteiger partial charge is 0.221 e. The lowest BCUT2D eigenvalue weighted by Gasteiger charge is -2.17. The quantitative estimate of drug-likeness (QED) is 0.752. The Morgan fingerprint density at radius 2 is 2.22 bits per heavy atom. The highest BCUT2D eigenvalue weighted by atomic mass is 16.1. The molecule has 0 radical (unpaired) electrons. The number of hydrogen-bond acceptors (Lipinski definition) is 5. The monoisotopic (exact) mass is 251 g/mol. The molecule has 1 aromatic rings. The third kappa shape index (κ3) is 4.57. The van der Waals surface area contributed by atoms with E-state index in [9.17, 15) is 4.79 Å². The van der Waals surface area contributed by atoms with Crippen LogP contribution in [-0.4, -0.2) is 43.1 Å². The first kappa shape index (κ1) is 14.2. The highest BCUT2D eigenvalue weighted by molar-refractivity contribution is 5.76. The van der Waals surface area contributed by atoms with Crippen molar-refractivity contribution in [2.75, 3.05) is 37.4 Å². The van der Waals surface area contributed by atoms with Crippen LogP contribution in [0.3, 0.4) is 0 Å². The fourth-order valence-corrected chi connectivity index (χ4v) is 1.39. The molecular weight excluding hydrogens is 230 g/mol. The summed E-state index contributed by atoms with van der Waals surface area (Å²) in [6.07, 6.45) is 4.88. The fraction of sp³-hybridized carbons (Fsp3) is 0.583. The molecule has 1 rings (SSSR count). The van der Waals surface area contributed by atoms with Gasteiger partial charge in [0, 0.05) is 33.6 Å². The molecule has 0 atom stereocenters. The first-order valence-corrected chi connectivity index (χ1v) is 6.15. The maximum absolute atomic E-state index is 11.2. The maximum Gasteiger partial charge on any atom is 0.221 e. The average molecular weight is 251 g/mol. The van der Waals surface area contributed by atoms with Crippen LogP contribution in [0.25, 0.3) is 0 Å². The molecule has 0 saturated heterocycles. The molecule has 1 heterocycles. The fourth-order valence-electron chi connectivity index (χ4n) is 1.39. The van der Waals surface area contributed by atoms with E-state index in [-0.39, 0.29) is 5.91 Å². The van der Waals surface area contributed by atoms with Crippen LogP contribution in [0.4, 0.5) is 11.6 Å². The van der Waals surface area contributed by atoms with Crippen LogP contribution in [0.15, 0.2) is 12.4 Å². The molecular formula is C12H21N5O. The predicted octanol–water partition coefficient (Wildman–Crippen LogP) is 0.871. The standard InChI is InChI=1S/C12H21N5O/c1-4-6-15-10-8-14-9-11(16-10)17(3)7-5-12(18)13-2/h8-9H,4-7H2,1-3H3,(H,13,18)(H,15,16). The number of aromatic nitrogens is 2. The van der Waals surface area contributed by atoms with Crippen LogP contribution < -0.4 is 15.5 Å². The van der Waals surface area contributed by atoms with Gasteiger partial charge in [-0.1, -0.05) is 6.92 Å². The van der Waals surface area contributed by atoms with Gasteiger partial charge in [-0.25, -0.2) is 4.98 Å². The number of nitrogens with zero attached hydrogens (tertiary/aromatic N) is 3. The first-order chi connectivity index (χ1) is 8.67. The number of nitrogens with one attached hydrogen (secondary N) is 2. The van der Waals surface area contributed by atoms with Gasteiger partial charge in [-0.05, 0) is 6.42 Å². The summed E-state index contributed by atoms with van der Waals surface area (Å²) in [5.74, 6) is 1.55. The first-order valence-electron chi connectivity index (χ1n) is 6.15. The van der Waals surface area contributed by atoms with E-state index in [1.165, 1.54) is 0 Å². The van der Waals surface area contributed by atoms with Gasteiger partial charge in [-0.3, -0.25) is 9.78 Å². The zero-order chi connectivity index (χ0) is 13.4. The molecule has 0 unspecified atom stereocenters. The minimum absolute atomic E-state index is 0.0232. The Morgan fingerprint density at radius 3 is 2.89 bits per heavy atom. The summed E-state index contributed by atoms with van der Waals surface area (Å²) in [6, 6.07) is 0. The van der Waals surface area contributed by atoms with Crippen molar-refractivity contribution < 1.29 is 4.79 Å². The van der Waals surface area contributed by atoms with E-state index in [0.717, 1.165) is 24.6 Å². The largest absolute Gasteiger partial charge is 0.369 e. The number of amides is 1. The van der Waals surface area contributed by atoms with Gasteiger partial charge in [0.1, 0.15) is 11.6 Å². The van der Waals surface area contributed by atoms with Gasteiger partial charge in [0.2, 0.25) is 5.91 Å². The zero-order valence-electron chi connectivity index (χ0n) is 11.2. The number of carbonyl (C=O) groups excluding carboxylic acids is 1. The minimum Gasteiger partial charge on any atom is -0.369 e. The van der Waals surface area contributed by atoms with Crippen molar-refractivity contribution in [3.8, 4) is 0 Å². The van der Waals surface area contributed by atoms with Gasteiger partial charge in [-0.2, -0.15) is 0 Å². The minimum atomic E-state index is 0.0232. The molecule has 100 valence electrons. The van der Waals surface area contributed by atoms with Crippen LogP contribution >= 0.6 is 0 Å². The number of carbonyl (C=O) groups is 1. The maximum atomic E-state index is 11.2. The van der Waals surface area contributed by atoms with E-state index >= 15 is 0 Å². The zero-order valence-corrected chi connectivity index (χ0v) is 11.2. The lowest BCUT2D eigenvalue weighted by Crippen LogP contribution is -2.27. The molecule has 0 fully saturated rings. The Labute approximate surface area is 108 Å². The lowest BCUT2D eigenvalue weighted by molar-refractivity contribution is -0.120. The summed E-state index contributed by atoms with van der Waals surface area (Å²) in [7, 11) is 3.54. The molecule has 6 nitrogen and oxygen atoms in total. The van der Waals surface area contributed by atoms with Gasteiger partial charge in [0.25, 0.3) is 0 Å². The van der Waals surface area contributed by atoms with Gasteiger partial charge in [0.15, 0.2) is 0 Å². The Balaban J connectivity index is 2.56. The van der Waals surface area contributed by atoms with Crippen molar-refractivity contribution >= 4 is 17.5 Å². The molecule has 0 aliphatic heterocycles. The van der Waals surface area contributed by atoms with E-state index in [2.05, 4.69) is 27.5 Å². The van der Waals surface area contributed by atoms with Crippen molar-refractivity contribution in [3.05, 3.63) is 12.4 Å². The average Bonchev–Trinajstić information content (AvgIpc) is 2.42. The SMILES string of the molecule is CCCNc1cncc(N(C)CCC(=O)NC)n1. The lowest BCUT2D eigenvalue weighted by atomic mass is 10.3. The Morgan fingerprint density at radius 1 is 1.44 bits per heavy atom. The summed E-state index contributed by atoms with van der Waals surface area (Å²) < 4.78 is 0. The molecule has 2 N–H and O–H groups in total. The van der Waals surface area contributed by atoms with Gasteiger partial charge >= 0.3 is 0 Å². The number of hydrogen-bond donors (Lipinski definition) is 2. The second-order valence-corrected chi connectivity index (χ2v) is 4.03. The summed E-state index contributed by atoms with van der Waals surface area (Å²) in [4.78, 5) is 21.7. The topological polar surface area (TPSA) is 70.2 Å². The van der Waals surface area contributed by atoms with Crippen molar-refractivity contribution in [1.29, 1.82) is 0 Å². The number of anilines is 2. The molecule has 0 aliphatic rings. The summed E-state index contributed by atoms with van der Waals surface area (Å²) >= 11 is 0. The Bertz CT molecular complexity index is 382. The van der Waals surface area contributed by atoms with Crippen molar-refractivity contribution in [1.82, 2.24) is 15.3 Å². The Kier molecular flexibility index (Phi) is 5.90. The van der Waals surface area contributed by atoms with E-state index in [0.29, 0.717) is 13.0 Å². The van der Waals surface area contributed by atoms with E-state index in [4.69, 9.17) is 0 Å². The van der Waals surface area contributed by atoms with E-state index in [1.807, 2.05) is 11.9 Å². The number of rotatable bonds is 7. The molecule has 0 aromatic carbocycles. The molecule has 0 bridgehead atoms. The normalized spacial score (nSPS) is 9.94. The van der Waals surface area contributed by atoms with Crippen molar-refractivity contribution in [3.63, 3.8) is 0 Å². The third-order valence-corrected chi connectivity index (χ3v) is 2.52. The molecule has 1 aromatic heterocycles. The third-order valence-electron chi connectivity index (χ3n) is 2.52. The molecule has 1 amide bonds. The van der Waals surface area contributed by atoms with Crippen LogP contribution in [0.2, 0.25) is 0 Å². The molecule has 18 heavy (non-hydrogen) atoms. The Hall–Kier alpha value is -1.85.